The SMILES string of the molecule is CC1C2C=[C]C1(C)CC2. The quantitative estimate of drug-likeness (QED) is 0.461. The summed E-state index contributed by atoms with van der Waals surface area (Å²) in [6.07, 6.45) is 8.52. The predicted octanol–water partition coefficient (Wildman–Crippen LogP) is 2.41. The van der Waals surface area contributed by atoms with Gasteiger partial charge in [-0.05, 0) is 36.2 Å². The minimum absolute atomic E-state index is 0.463. The highest BCUT2D eigenvalue weighted by Gasteiger charge is 2.43. The fourth-order valence-corrected chi connectivity index (χ4v) is 2.15. The van der Waals surface area contributed by atoms with E-state index in [1.807, 2.05) is 0 Å². The molecule has 0 heteroatoms. The first-order valence-corrected chi connectivity index (χ1v) is 3.83. The molecule has 1 fully saturated rings. The zero-order valence-corrected chi connectivity index (χ0v) is 6.15. The summed E-state index contributed by atoms with van der Waals surface area (Å²) in [7, 11) is 0. The van der Waals surface area contributed by atoms with Crippen LogP contribution in [0.4, 0.5) is 0 Å². The lowest BCUT2D eigenvalue weighted by atomic mass is 9.83. The Labute approximate surface area is 57.0 Å². The third kappa shape index (κ3) is 0.540. The molecule has 0 amide bonds. The van der Waals surface area contributed by atoms with Crippen LogP contribution in [0.25, 0.3) is 0 Å². The lowest BCUT2D eigenvalue weighted by Gasteiger charge is -2.20. The Bertz CT molecular complexity index is 157. The van der Waals surface area contributed by atoms with Crippen molar-refractivity contribution in [1.29, 1.82) is 0 Å². The molecule has 0 aromatic rings. The summed E-state index contributed by atoms with van der Waals surface area (Å²) < 4.78 is 0. The van der Waals surface area contributed by atoms with Crippen molar-refractivity contribution < 1.29 is 0 Å². The monoisotopic (exact) mass is 121 g/mol. The van der Waals surface area contributed by atoms with Gasteiger partial charge in [0.05, 0.1) is 0 Å². The molecule has 2 bridgehead atoms. The van der Waals surface area contributed by atoms with Gasteiger partial charge in [0.1, 0.15) is 0 Å². The second-order valence-electron chi connectivity index (χ2n) is 3.72. The van der Waals surface area contributed by atoms with Crippen LogP contribution in [0.2, 0.25) is 0 Å². The Morgan fingerprint density at radius 2 is 2.44 bits per heavy atom. The first-order valence-electron chi connectivity index (χ1n) is 3.83. The normalized spacial score (nSPS) is 54.9. The Hall–Kier alpha value is -0.260. The molecule has 1 radical (unpaired) electrons. The average molecular weight is 121 g/mol. The third-order valence-corrected chi connectivity index (χ3v) is 3.27. The molecule has 0 N–H and O–H groups in total. The largest absolute Gasteiger partial charge is 0.0770 e. The van der Waals surface area contributed by atoms with E-state index >= 15 is 0 Å². The van der Waals surface area contributed by atoms with Crippen molar-refractivity contribution in [3.8, 4) is 0 Å². The van der Waals surface area contributed by atoms with Crippen molar-refractivity contribution in [2.24, 2.45) is 17.3 Å². The summed E-state index contributed by atoms with van der Waals surface area (Å²) in [5, 5.41) is 0. The molecule has 0 aromatic heterocycles. The molecule has 0 nitrogen and oxygen atoms in total. The maximum Gasteiger partial charge on any atom is -0.00441 e. The van der Waals surface area contributed by atoms with Crippen molar-refractivity contribution in [3.63, 3.8) is 0 Å². The van der Waals surface area contributed by atoms with Gasteiger partial charge in [-0.1, -0.05) is 19.9 Å². The molecule has 1 saturated carbocycles. The smallest absolute Gasteiger partial charge is 0.00441 e. The van der Waals surface area contributed by atoms with Crippen LogP contribution in [-0.2, 0) is 0 Å². The molecule has 3 unspecified atom stereocenters. The van der Waals surface area contributed by atoms with E-state index in [4.69, 9.17) is 0 Å². The van der Waals surface area contributed by atoms with Crippen LogP contribution < -0.4 is 0 Å². The summed E-state index contributed by atoms with van der Waals surface area (Å²) in [5.41, 5.74) is 0.463. The van der Waals surface area contributed by atoms with E-state index in [1.165, 1.54) is 12.8 Å². The van der Waals surface area contributed by atoms with Crippen molar-refractivity contribution in [3.05, 3.63) is 12.2 Å². The highest BCUT2D eigenvalue weighted by atomic mass is 14.5. The van der Waals surface area contributed by atoms with Crippen molar-refractivity contribution >= 4 is 0 Å². The van der Waals surface area contributed by atoms with Crippen LogP contribution in [-0.4, -0.2) is 0 Å². The Balaban J connectivity index is 2.36. The number of hydrogen-bond acceptors (Lipinski definition) is 0. The van der Waals surface area contributed by atoms with Gasteiger partial charge in [0, 0.05) is 0 Å². The number of rotatable bonds is 0. The molecule has 2 aliphatic rings. The van der Waals surface area contributed by atoms with Crippen molar-refractivity contribution in [1.82, 2.24) is 0 Å². The van der Waals surface area contributed by atoms with Gasteiger partial charge in [0.15, 0.2) is 0 Å². The topological polar surface area (TPSA) is 0 Å². The average Bonchev–Trinajstić information content (AvgIpc) is 2.24. The number of fused-ring (bicyclic) bond motifs is 2. The van der Waals surface area contributed by atoms with E-state index in [9.17, 15) is 0 Å². The molecule has 9 heavy (non-hydrogen) atoms. The van der Waals surface area contributed by atoms with Crippen LogP contribution in [0.3, 0.4) is 0 Å². The van der Waals surface area contributed by atoms with Gasteiger partial charge in [-0.2, -0.15) is 0 Å². The van der Waals surface area contributed by atoms with Gasteiger partial charge in [0.25, 0.3) is 0 Å². The molecule has 3 atom stereocenters. The van der Waals surface area contributed by atoms with E-state index in [2.05, 4.69) is 26.0 Å². The van der Waals surface area contributed by atoms with Crippen LogP contribution in [0.15, 0.2) is 6.08 Å². The molecule has 49 valence electrons. The molecule has 0 spiro atoms. The van der Waals surface area contributed by atoms with Gasteiger partial charge in [-0.15, -0.1) is 0 Å². The van der Waals surface area contributed by atoms with Crippen LogP contribution >= 0.6 is 0 Å². The van der Waals surface area contributed by atoms with Crippen LogP contribution in [0, 0.1) is 23.3 Å². The van der Waals surface area contributed by atoms with E-state index in [1.54, 1.807) is 0 Å². The Kier molecular flexibility index (Phi) is 0.870. The summed E-state index contributed by atoms with van der Waals surface area (Å²) in [6, 6.07) is 0. The van der Waals surface area contributed by atoms with Gasteiger partial charge < -0.3 is 0 Å². The molecular formula is C9H13. The van der Waals surface area contributed by atoms with Gasteiger partial charge in [0.2, 0.25) is 0 Å². The lowest BCUT2D eigenvalue weighted by molar-refractivity contribution is 0.320. The minimum Gasteiger partial charge on any atom is -0.0770 e. The third-order valence-electron chi connectivity index (χ3n) is 3.27. The second kappa shape index (κ2) is 1.42. The standard InChI is InChI=1S/C9H13/c1-7-8-3-5-9(7,2)6-4-8/h3,7-8H,4,6H2,1-2H3. The predicted molar refractivity (Wildman–Crippen MR) is 37.8 cm³/mol. The lowest BCUT2D eigenvalue weighted by Crippen LogP contribution is -2.14. The van der Waals surface area contributed by atoms with Gasteiger partial charge in [-0.3, -0.25) is 0 Å². The molecule has 0 saturated heterocycles. The summed E-state index contributed by atoms with van der Waals surface area (Å²) in [5.74, 6) is 1.74. The summed E-state index contributed by atoms with van der Waals surface area (Å²) in [6.45, 7) is 4.69. The first kappa shape index (κ1) is 5.52. The maximum atomic E-state index is 3.46. The fraction of sp³-hybridized carbons (Fsp3) is 0.778. The fourth-order valence-electron chi connectivity index (χ4n) is 2.15. The highest BCUT2D eigenvalue weighted by molar-refractivity contribution is 5.12. The van der Waals surface area contributed by atoms with Gasteiger partial charge in [-0.25, -0.2) is 0 Å². The van der Waals surface area contributed by atoms with Gasteiger partial charge >= 0.3 is 0 Å². The van der Waals surface area contributed by atoms with E-state index < -0.39 is 0 Å². The molecule has 0 aromatic carbocycles. The Morgan fingerprint density at radius 3 is 2.56 bits per heavy atom. The van der Waals surface area contributed by atoms with E-state index in [-0.39, 0.29) is 0 Å². The molecule has 2 rings (SSSR count). The molecule has 2 aliphatic carbocycles. The minimum atomic E-state index is 0.463. The second-order valence-corrected chi connectivity index (χ2v) is 3.72. The molecule has 0 aliphatic heterocycles. The zero-order chi connectivity index (χ0) is 6.48. The number of allylic oxidation sites excluding steroid dienone is 2. The van der Waals surface area contributed by atoms with Crippen LogP contribution in [0.5, 0.6) is 0 Å². The zero-order valence-electron chi connectivity index (χ0n) is 6.15. The molecular weight excluding hydrogens is 108 g/mol. The van der Waals surface area contributed by atoms with Crippen molar-refractivity contribution in [2.45, 2.75) is 26.7 Å². The first-order chi connectivity index (χ1) is 4.22. The van der Waals surface area contributed by atoms with Crippen LogP contribution in [0.1, 0.15) is 26.7 Å². The van der Waals surface area contributed by atoms with E-state index in [0.29, 0.717) is 5.41 Å². The summed E-state index contributed by atoms with van der Waals surface area (Å²) in [4.78, 5) is 0. The Morgan fingerprint density at radius 1 is 1.67 bits per heavy atom. The van der Waals surface area contributed by atoms with Crippen molar-refractivity contribution in [2.75, 3.05) is 0 Å². The van der Waals surface area contributed by atoms with E-state index in [0.717, 1.165) is 11.8 Å². The summed E-state index contributed by atoms with van der Waals surface area (Å²) >= 11 is 0. The molecule has 0 heterocycles. The maximum absolute atomic E-state index is 3.46. The number of hydrogen-bond donors (Lipinski definition) is 0. The highest BCUT2D eigenvalue weighted by Crippen LogP contribution is 2.52.